The fourth-order valence-corrected chi connectivity index (χ4v) is 1.59. The number of esters is 1. The molecule has 1 unspecified atom stereocenters. The van der Waals surface area contributed by atoms with Crippen molar-refractivity contribution in [3.63, 3.8) is 0 Å². The van der Waals surface area contributed by atoms with Crippen molar-refractivity contribution in [3.05, 3.63) is 0 Å². The molecule has 2 N–H and O–H groups in total. The van der Waals surface area contributed by atoms with Crippen molar-refractivity contribution in [1.82, 2.24) is 10.2 Å². The molecule has 0 aromatic rings. The second-order valence-electron chi connectivity index (χ2n) is 4.75. The van der Waals surface area contributed by atoms with Crippen LogP contribution in [0.3, 0.4) is 0 Å². The maximum absolute atomic E-state index is 11.9. The van der Waals surface area contributed by atoms with E-state index in [4.69, 9.17) is 5.11 Å². The SMILES string of the molecule is CCC(C)[C@H](NC(=O)N(C)CCCC(=O)OC)C(=O)O. The van der Waals surface area contributed by atoms with Crippen LogP contribution < -0.4 is 5.32 Å². The van der Waals surface area contributed by atoms with Crippen LogP contribution in [0, 0.1) is 5.92 Å². The molecule has 2 atom stereocenters. The number of nitrogens with one attached hydrogen (secondary N) is 1. The molecule has 7 heteroatoms. The first-order valence-electron chi connectivity index (χ1n) is 6.64. The summed E-state index contributed by atoms with van der Waals surface area (Å²) in [6.07, 6.45) is 1.35. The number of carboxylic acid groups (broad SMARTS) is 1. The molecule has 0 radical (unpaired) electrons. The number of carbonyl (C=O) groups excluding carboxylic acids is 2. The van der Waals surface area contributed by atoms with Gasteiger partial charge in [0.15, 0.2) is 0 Å². The maximum atomic E-state index is 11.9. The van der Waals surface area contributed by atoms with Gasteiger partial charge < -0.3 is 20.1 Å². The van der Waals surface area contributed by atoms with E-state index in [1.807, 2.05) is 6.92 Å². The third-order valence-electron chi connectivity index (χ3n) is 3.21. The summed E-state index contributed by atoms with van der Waals surface area (Å²) in [6, 6.07) is -1.36. The lowest BCUT2D eigenvalue weighted by Gasteiger charge is -2.24. The average Bonchev–Trinajstić information content (AvgIpc) is 2.42. The van der Waals surface area contributed by atoms with Crippen molar-refractivity contribution in [2.75, 3.05) is 20.7 Å². The zero-order valence-electron chi connectivity index (χ0n) is 12.5. The number of hydrogen-bond donors (Lipinski definition) is 2. The van der Waals surface area contributed by atoms with E-state index in [1.54, 1.807) is 14.0 Å². The van der Waals surface area contributed by atoms with Crippen LogP contribution in [-0.4, -0.2) is 54.7 Å². The van der Waals surface area contributed by atoms with Crippen molar-refractivity contribution in [3.8, 4) is 0 Å². The van der Waals surface area contributed by atoms with Gasteiger partial charge in [-0.2, -0.15) is 0 Å². The first-order valence-corrected chi connectivity index (χ1v) is 6.64. The molecule has 20 heavy (non-hydrogen) atoms. The predicted molar refractivity (Wildman–Crippen MR) is 73.3 cm³/mol. The average molecular weight is 288 g/mol. The molecular formula is C13H24N2O5. The third kappa shape index (κ3) is 6.40. The number of carboxylic acids is 1. The van der Waals surface area contributed by atoms with Crippen LogP contribution in [0.25, 0.3) is 0 Å². The number of methoxy groups -OCH3 is 1. The minimum Gasteiger partial charge on any atom is -0.480 e. The molecule has 0 aliphatic rings. The fraction of sp³-hybridized carbons (Fsp3) is 0.769. The number of nitrogens with zero attached hydrogens (tertiary/aromatic N) is 1. The Morgan fingerprint density at radius 2 is 1.95 bits per heavy atom. The standard InChI is InChI=1S/C13H24N2O5/c1-5-9(2)11(12(17)18)14-13(19)15(3)8-6-7-10(16)20-4/h9,11H,5-8H2,1-4H3,(H,14,19)(H,17,18)/t9?,11-/m0/s1. The van der Waals surface area contributed by atoms with Gasteiger partial charge in [-0.25, -0.2) is 9.59 Å². The smallest absolute Gasteiger partial charge is 0.326 e. The summed E-state index contributed by atoms with van der Waals surface area (Å²) >= 11 is 0. The molecule has 0 spiro atoms. The second kappa shape index (κ2) is 9.17. The summed E-state index contributed by atoms with van der Waals surface area (Å²) in [5.74, 6) is -1.53. The Bertz CT molecular complexity index is 346. The summed E-state index contributed by atoms with van der Waals surface area (Å²) in [6.45, 7) is 4.00. The van der Waals surface area contributed by atoms with Crippen molar-refractivity contribution < 1.29 is 24.2 Å². The van der Waals surface area contributed by atoms with Crippen LogP contribution in [0.5, 0.6) is 0 Å². The summed E-state index contributed by atoms with van der Waals surface area (Å²) in [7, 11) is 2.87. The molecule has 0 aliphatic heterocycles. The Balaban J connectivity index is 4.29. The minimum atomic E-state index is -1.05. The molecule has 0 aromatic carbocycles. The Hall–Kier alpha value is -1.79. The van der Waals surface area contributed by atoms with Gasteiger partial charge in [-0.1, -0.05) is 20.3 Å². The van der Waals surface area contributed by atoms with E-state index in [-0.39, 0.29) is 18.3 Å². The van der Waals surface area contributed by atoms with E-state index in [0.717, 1.165) is 0 Å². The minimum absolute atomic E-state index is 0.153. The molecule has 7 nitrogen and oxygen atoms in total. The first kappa shape index (κ1) is 18.2. The van der Waals surface area contributed by atoms with Crippen molar-refractivity contribution in [2.24, 2.45) is 5.92 Å². The molecule has 0 aromatic heterocycles. The Kier molecular flexibility index (Phi) is 8.35. The van der Waals surface area contributed by atoms with E-state index in [9.17, 15) is 14.4 Å². The summed E-state index contributed by atoms with van der Waals surface area (Å²) in [4.78, 5) is 35.3. The van der Waals surface area contributed by atoms with Crippen LogP contribution in [-0.2, 0) is 14.3 Å². The summed E-state index contributed by atoms with van der Waals surface area (Å²) in [5.41, 5.74) is 0. The Morgan fingerprint density at radius 3 is 2.40 bits per heavy atom. The highest BCUT2D eigenvalue weighted by molar-refractivity contribution is 5.82. The van der Waals surface area contributed by atoms with Gasteiger partial charge in [-0.05, 0) is 12.3 Å². The van der Waals surface area contributed by atoms with E-state index in [2.05, 4.69) is 10.1 Å². The highest BCUT2D eigenvalue weighted by Gasteiger charge is 2.26. The largest absolute Gasteiger partial charge is 0.480 e. The van der Waals surface area contributed by atoms with Gasteiger partial charge in [0, 0.05) is 20.0 Å². The lowest BCUT2D eigenvalue weighted by molar-refractivity contribution is -0.141. The van der Waals surface area contributed by atoms with E-state index in [1.165, 1.54) is 12.0 Å². The molecule has 0 aliphatic carbocycles. The van der Waals surface area contributed by atoms with Gasteiger partial charge in [-0.15, -0.1) is 0 Å². The van der Waals surface area contributed by atoms with E-state index < -0.39 is 18.0 Å². The monoisotopic (exact) mass is 288 g/mol. The van der Waals surface area contributed by atoms with Crippen molar-refractivity contribution in [2.45, 2.75) is 39.2 Å². The van der Waals surface area contributed by atoms with Gasteiger partial charge in [0.2, 0.25) is 0 Å². The molecule has 0 saturated heterocycles. The van der Waals surface area contributed by atoms with Crippen LogP contribution in [0.4, 0.5) is 4.79 Å². The lowest BCUT2D eigenvalue weighted by atomic mass is 9.99. The van der Waals surface area contributed by atoms with Crippen LogP contribution in [0.2, 0.25) is 0 Å². The lowest BCUT2D eigenvalue weighted by Crippen LogP contribution is -2.49. The van der Waals surface area contributed by atoms with Gasteiger partial charge >= 0.3 is 18.0 Å². The molecule has 0 saturated carbocycles. The number of hydrogen-bond acceptors (Lipinski definition) is 4. The van der Waals surface area contributed by atoms with Gasteiger partial charge in [-0.3, -0.25) is 4.79 Å². The third-order valence-corrected chi connectivity index (χ3v) is 3.21. The van der Waals surface area contributed by atoms with Crippen LogP contribution in [0.15, 0.2) is 0 Å². The predicted octanol–water partition coefficient (Wildman–Crippen LogP) is 1.08. The molecule has 0 rings (SSSR count). The number of rotatable bonds is 8. The molecule has 0 heterocycles. The topological polar surface area (TPSA) is 95.9 Å². The normalized spacial score (nSPS) is 13.2. The number of urea groups is 1. The summed E-state index contributed by atoms with van der Waals surface area (Å²) < 4.78 is 4.50. The zero-order chi connectivity index (χ0) is 15.7. The number of aliphatic carboxylic acids is 1. The zero-order valence-corrected chi connectivity index (χ0v) is 12.5. The van der Waals surface area contributed by atoms with Gasteiger partial charge in [0.05, 0.1) is 7.11 Å². The molecule has 116 valence electrons. The summed E-state index contributed by atoms with van der Waals surface area (Å²) in [5, 5.41) is 11.6. The van der Waals surface area contributed by atoms with Crippen molar-refractivity contribution in [1.29, 1.82) is 0 Å². The Morgan fingerprint density at radius 1 is 1.35 bits per heavy atom. The number of ether oxygens (including phenoxy) is 1. The number of carbonyl (C=O) groups is 3. The Labute approximate surface area is 119 Å². The fourth-order valence-electron chi connectivity index (χ4n) is 1.59. The van der Waals surface area contributed by atoms with E-state index >= 15 is 0 Å². The molecule has 0 bridgehead atoms. The highest BCUT2D eigenvalue weighted by atomic mass is 16.5. The van der Waals surface area contributed by atoms with Crippen LogP contribution in [0.1, 0.15) is 33.1 Å². The number of amides is 2. The molecular weight excluding hydrogens is 264 g/mol. The molecule has 0 fully saturated rings. The van der Waals surface area contributed by atoms with Gasteiger partial charge in [0.1, 0.15) is 6.04 Å². The first-order chi connectivity index (χ1) is 9.33. The maximum Gasteiger partial charge on any atom is 0.326 e. The van der Waals surface area contributed by atoms with Gasteiger partial charge in [0.25, 0.3) is 0 Å². The second-order valence-corrected chi connectivity index (χ2v) is 4.75. The van der Waals surface area contributed by atoms with Crippen molar-refractivity contribution >= 4 is 18.0 Å². The quantitative estimate of drug-likeness (QED) is 0.652. The highest BCUT2D eigenvalue weighted by Crippen LogP contribution is 2.08. The molecule has 2 amide bonds. The van der Waals surface area contributed by atoms with E-state index in [0.29, 0.717) is 19.4 Å². The van der Waals surface area contributed by atoms with Crippen LogP contribution >= 0.6 is 0 Å².